The Morgan fingerprint density at radius 1 is 0.265 bits per heavy atom. The molecule has 30 heteroatoms. The van der Waals surface area contributed by atoms with E-state index in [9.17, 15) is 64.9 Å². The summed E-state index contributed by atoms with van der Waals surface area (Å²) in [5, 5.41) is -3.01. The smallest absolute Gasteiger partial charge is 0.748 e. The maximum Gasteiger partial charge on any atom is 1.00 e. The molecule has 0 aromatic heterocycles. The Kier molecular flexibility index (Phi) is 52.8. The molecule has 0 saturated heterocycles. The molecule has 13 saturated carbocycles. The van der Waals surface area contributed by atoms with Crippen LogP contribution in [-0.4, -0.2) is 177 Å². The van der Waals surface area contributed by atoms with Gasteiger partial charge >= 0.3 is 148 Å². The second-order valence-corrected chi connectivity index (χ2v) is 62.4. The van der Waals surface area contributed by atoms with E-state index in [1.165, 1.54) is 205 Å². The van der Waals surface area contributed by atoms with E-state index in [4.69, 9.17) is 0 Å². The van der Waals surface area contributed by atoms with Gasteiger partial charge in [0, 0.05) is 5.25 Å². The predicted molar refractivity (Wildman–Crippen MR) is 453 cm³/mol. The van der Waals surface area contributed by atoms with Gasteiger partial charge in [-0.05, 0) is 320 Å². The van der Waals surface area contributed by atoms with Crippen molar-refractivity contribution in [1.82, 2.24) is 0 Å². The quantitative estimate of drug-likeness (QED) is 0.0617. The number of fused-ring (bicyclic) bond motifs is 4. The summed E-state index contributed by atoms with van der Waals surface area (Å²) >= 11 is 0. The molecule has 0 aliphatic heterocycles. The summed E-state index contributed by atoms with van der Waals surface area (Å²) in [4.78, 5) is 0. The number of rotatable bonds is 22. The third-order valence-electron chi connectivity index (χ3n) is 29.1. The molecule has 13 rings (SSSR count). The van der Waals surface area contributed by atoms with E-state index in [1.807, 2.05) is 0 Å². The van der Waals surface area contributed by atoms with Crippen molar-refractivity contribution in [3.63, 3.8) is 0 Å². The van der Waals surface area contributed by atoms with Crippen LogP contribution in [0.2, 0.25) is 0 Å². The van der Waals surface area contributed by atoms with Crippen LogP contribution in [-0.2, 0) is 50.6 Å². The molecule has 113 heavy (non-hydrogen) atoms. The molecule has 632 valence electrons. The topological polar surface area (TPSA) is 286 Å². The van der Waals surface area contributed by atoms with Crippen LogP contribution in [0.15, 0.2) is 0 Å². The van der Waals surface area contributed by atoms with E-state index < -0.39 is 76.8 Å². The largest absolute Gasteiger partial charge is 1.00 e. The van der Waals surface area contributed by atoms with Crippen molar-refractivity contribution in [1.29, 1.82) is 0 Å². The molecule has 0 aromatic rings. The van der Waals surface area contributed by atoms with E-state index in [0.717, 1.165) is 108 Å². The Morgan fingerprint density at radius 3 is 0.885 bits per heavy atom. The van der Waals surface area contributed by atoms with Gasteiger partial charge in [-0.1, -0.05) is 203 Å². The molecule has 13 fully saturated rings. The van der Waals surface area contributed by atoms with Gasteiger partial charge in [-0.3, -0.25) is 0 Å². The monoisotopic (exact) mass is 1820 g/mol. The minimum atomic E-state index is -4.13. The van der Waals surface area contributed by atoms with Gasteiger partial charge in [0.15, 0.2) is 0 Å². The van der Waals surface area contributed by atoms with Crippen molar-refractivity contribution in [3.05, 3.63) is 0 Å². The average molecular weight is 1820 g/mol. The molecule has 0 spiro atoms. The van der Waals surface area contributed by atoms with Crippen molar-refractivity contribution in [2.45, 2.75) is 464 Å². The summed E-state index contributed by atoms with van der Waals surface area (Å²) in [5.74, 6) is 5.53. The zero-order valence-electron chi connectivity index (χ0n) is 73.5. The first kappa shape index (κ1) is 112. The molecular formula is C83H150Na5O15P5S5. The maximum absolute atomic E-state index is 11.8. The zero-order chi connectivity index (χ0) is 78.5. The minimum Gasteiger partial charge on any atom is -0.748 e. The van der Waals surface area contributed by atoms with Crippen LogP contribution in [0.5, 0.6) is 0 Å². The fraction of sp³-hybridized carbons (Fsp3) is 1.00. The van der Waals surface area contributed by atoms with Crippen molar-refractivity contribution >= 4 is 90.2 Å². The molecule has 0 N–H and O–H groups in total. The standard InChI is InChI=1S/C21H35O3PS.2C18H33O3PS.C14H29O3PS.C12H25O3PS.5Na/c1-13-6-18(12-19(7-13)26(22,23)24)25(20-10-14-2-4-16(20)8-14)21-11-15-3-5-17(21)9-15;19-23(20,21)18-13-7-12-17(14-18)22(15-8-3-1-4-9-15)16-10-5-2-6-11-16;19-23(20,21)18-13-11-17(12-14-18)22(15-7-3-1-4-8-15)16-9-5-2-6-10-16;1-11(2)9-18(10-12(3)4)13-6-5-7-14(8-13)19(15,16)17;1-9(2)16(10(3)4)11-6-5-7-12(8-11)17(13,14)15;;;;;/h13-21H,2-12H2,1H3,(H,22,23,24);2*15-18H,1-14H2,(H,19,20,21);11-14H,5-10H2,1-4H3,(H,15,16,17);9-12H,5-8H2,1-4H3,(H,13,14,15);;;;;/q;;;;;5*+1/p-5. The third kappa shape index (κ3) is 35.1. The summed E-state index contributed by atoms with van der Waals surface area (Å²) in [6.45, 7) is 20.0. The van der Waals surface area contributed by atoms with Crippen LogP contribution < -0.4 is 148 Å². The van der Waals surface area contributed by atoms with Gasteiger partial charge in [0.1, 0.15) is 0 Å². The molecular weight excluding hydrogens is 1670 g/mol. The molecule has 0 aromatic carbocycles. The van der Waals surface area contributed by atoms with E-state index in [-0.39, 0.29) is 187 Å². The van der Waals surface area contributed by atoms with Gasteiger partial charge in [-0.25, -0.2) is 42.1 Å². The van der Waals surface area contributed by atoms with Gasteiger partial charge in [0.05, 0.1) is 71.6 Å². The SMILES string of the molecule is CC(C)CP(CC(C)C)C1CCCC(S(=O)(=O)[O-])C1.CC(C)P(C(C)C)C1CCCC(S(=O)(=O)[O-])C1.CC1CC(P(C2CC3CCC2C3)C2CC3CCC2C3)CC(S(=O)(=O)[O-])C1.O=S(=O)([O-])C1CCC(P(C2CCCCC2)C2CCCCC2)CC1.O=S(=O)([O-])C1CCCC(P(C2CCCCC2)C2CCCCC2)C1.[Na+].[Na+].[Na+].[Na+].[Na+]. The maximum atomic E-state index is 11.8. The summed E-state index contributed by atoms with van der Waals surface area (Å²) in [5.41, 5.74) is 9.43. The van der Waals surface area contributed by atoms with Crippen LogP contribution in [0.4, 0.5) is 0 Å². The average Bonchev–Trinajstić information content (AvgIpc) is 1.61. The Morgan fingerprint density at radius 2 is 0.566 bits per heavy atom. The van der Waals surface area contributed by atoms with Crippen molar-refractivity contribution < 1.29 is 213 Å². The van der Waals surface area contributed by atoms with Crippen LogP contribution in [0.25, 0.3) is 0 Å². The third-order valence-corrected chi connectivity index (χ3v) is 55.1. The van der Waals surface area contributed by atoms with E-state index >= 15 is 0 Å². The van der Waals surface area contributed by atoms with Crippen molar-refractivity contribution in [2.24, 2.45) is 41.4 Å². The van der Waals surface area contributed by atoms with Crippen molar-refractivity contribution in [2.75, 3.05) is 12.3 Å². The van der Waals surface area contributed by atoms with Crippen LogP contribution >= 0.6 is 39.6 Å². The fourth-order valence-electron chi connectivity index (χ4n) is 24.6. The molecule has 4 bridgehead atoms. The Labute approximate surface area is 809 Å². The van der Waals surface area contributed by atoms with Crippen molar-refractivity contribution in [3.8, 4) is 0 Å². The van der Waals surface area contributed by atoms with Crippen LogP contribution in [0.3, 0.4) is 0 Å². The van der Waals surface area contributed by atoms with Gasteiger partial charge in [0.25, 0.3) is 0 Å². The molecule has 15 unspecified atom stereocenters. The fourth-order valence-corrected chi connectivity index (χ4v) is 52.0. The van der Waals surface area contributed by atoms with Crippen LogP contribution in [0, 0.1) is 41.4 Å². The summed E-state index contributed by atoms with van der Waals surface area (Å²) in [7, 11) is -20.9. The molecule has 15 nitrogen and oxygen atoms in total. The zero-order valence-corrected chi connectivity index (χ0v) is 92.0. The first-order valence-electron chi connectivity index (χ1n) is 44.5. The first-order chi connectivity index (χ1) is 50.9. The molecule has 13 aliphatic rings. The van der Waals surface area contributed by atoms with Gasteiger partial charge in [-0.15, -0.1) is 7.92 Å². The molecule has 13 aliphatic carbocycles. The Hall–Kier alpha value is 6.70. The van der Waals surface area contributed by atoms with E-state index in [1.54, 1.807) is 0 Å². The van der Waals surface area contributed by atoms with E-state index in [0.29, 0.717) is 116 Å². The molecule has 0 amide bonds. The second kappa shape index (κ2) is 53.3. The molecule has 0 heterocycles. The van der Waals surface area contributed by atoms with Gasteiger partial charge in [-0.2, -0.15) is 0 Å². The van der Waals surface area contributed by atoms with E-state index in [2.05, 4.69) is 62.3 Å². The summed E-state index contributed by atoms with van der Waals surface area (Å²) in [6.07, 6.45) is 57.4. The molecule has 15 atom stereocenters. The van der Waals surface area contributed by atoms with Gasteiger partial charge in [0.2, 0.25) is 0 Å². The predicted octanol–water partition coefficient (Wildman–Crippen LogP) is 6.73. The Bertz CT molecular complexity index is 3210. The normalized spacial score (nSPS) is 33.4. The Balaban J connectivity index is 0.000000297. The minimum absolute atomic E-state index is 0. The van der Waals surface area contributed by atoms with Gasteiger partial charge < -0.3 is 22.8 Å². The number of hydrogen-bond donors (Lipinski definition) is 0. The summed E-state index contributed by atoms with van der Waals surface area (Å²) in [6, 6.07) is 0. The molecule has 0 radical (unpaired) electrons. The number of hydrogen-bond acceptors (Lipinski definition) is 15. The first-order valence-corrected chi connectivity index (χ1v) is 59.8. The second-order valence-electron chi connectivity index (χ2n) is 38.7. The summed E-state index contributed by atoms with van der Waals surface area (Å²) < 4.78 is 171. The van der Waals surface area contributed by atoms with Crippen LogP contribution in [0.1, 0.15) is 364 Å².